The fourth-order valence-electron chi connectivity index (χ4n) is 3.44. The van der Waals surface area contributed by atoms with E-state index in [0.29, 0.717) is 16.8 Å². The fraction of sp³-hybridized carbons (Fsp3) is 0.300. The van der Waals surface area contributed by atoms with E-state index < -0.39 is 0 Å². The summed E-state index contributed by atoms with van der Waals surface area (Å²) in [5.74, 6) is -0.0604. The first-order chi connectivity index (χ1) is 12.2. The molecule has 2 aliphatic heterocycles. The maximum atomic E-state index is 12.4. The van der Waals surface area contributed by atoms with E-state index in [1.165, 1.54) is 11.1 Å². The van der Waals surface area contributed by atoms with E-state index in [9.17, 15) is 9.59 Å². The average Bonchev–Trinajstić information content (AvgIpc) is 3.32. The zero-order chi connectivity index (χ0) is 17.2. The van der Waals surface area contributed by atoms with Crippen LogP contribution in [-0.2, 0) is 13.1 Å². The second kappa shape index (κ2) is 6.69. The lowest BCUT2D eigenvalue weighted by atomic mass is 10.1. The largest absolute Gasteiger partial charge is 0.339 e. The zero-order valence-electron chi connectivity index (χ0n) is 14.0. The van der Waals surface area contributed by atoms with Crippen molar-refractivity contribution in [1.29, 1.82) is 0 Å². The number of benzene rings is 2. The van der Waals surface area contributed by atoms with Crippen molar-refractivity contribution in [3.63, 3.8) is 0 Å². The molecule has 0 bridgehead atoms. The maximum Gasteiger partial charge on any atom is 0.255 e. The highest BCUT2D eigenvalue weighted by Gasteiger charge is 2.19. The topological polar surface area (TPSA) is 61.4 Å². The molecule has 1 fully saturated rings. The van der Waals surface area contributed by atoms with Crippen molar-refractivity contribution in [3.8, 4) is 0 Å². The highest BCUT2D eigenvalue weighted by Crippen LogP contribution is 2.19. The van der Waals surface area contributed by atoms with Gasteiger partial charge in [-0.2, -0.15) is 0 Å². The number of hydrogen-bond donors (Lipinski definition) is 2. The van der Waals surface area contributed by atoms with Gasteiger partial charge in [-0.3, -0.25) is 9.59 Å². The molecule has 0 aromatic heterocycles. The van der Waals surface area contributed by atoms with Crippen LogP contribution in [0.3, 0.4) is 0 Å². The summed E-state index contributed by atoms with van der Waals surface area (Å²) in [5.41, 5.74) is 4.45. The highest BCUT2D eigenvalue weighted by atomic mass is 16.2. The van der Waals surface area contributed by atoms with Crippen LogP contribution in [0.1, 0.15) is 44.7 Å². The van der Waals surface area contributed by atoms with Crippen LogP contribution in [0.15, 0.2) is 42.5 Å². The van der Waals surface area contributed by atoms with Gasteiger partial charge in [0.2, 0.25) is 0 Å². The monoisotopic (exact) mass is 335 g/mol. The molecular formula is C20H21N3O2. The Labute approximate surface area is 147 Å². The van der Waals surface area contributed by atoms with E-state index in [-0.39, 0.29) is 11.8 Å². The van der Waals surface area contributed by atoms with Gasteiger partial charge in [0.1, 0.15) is 0 Å². The van der Waals surface area contributed by atoms with E-state index in [0.717, 1.165) is 39.0 Å². The summed E-state index contributed by atoms with van der Waals surface area (Å²) in [6.45, 7) is 3.35. The number of hydrogen-bond acceptors (Lipinski definition) is 3. The Kier molecular flexibility index (Phi) is 4.24. The molecule has 0 spiro atoms. The van der Waals surface area contributed by atoms with Crippen LogP contribution in [0.4, 0.5) is 5.69 Å². The molecule has 2 aliphatic rings. The molecule has 0 unspecified atom stereocenters. The molecule has 5 nitrogen and oxygen atoms in total. The summed E-state index contributed by atoms with van der Waals surface area (Å²) in [5, 5.41) is 6.18. The van der Waals surface area contributed by atoms with Crippen LogP contribution < -0.4 is 10.6 Å². The van der Waals surface area contributed by atoms with Gasteiger partial charge in [0.05, 0.1) is 0 Å². The fourth-order valence-corrected chi connectivity index (χ4v) is 3.44. The van der Waals surface area contributed by atoms with Gasteiger partial charge in [-0.1, -0.05) is 6.07 Å². The van der Waals surface area contributed by atoms with Crippen molar-refractivity contribution in [2.24, 2.45) is 0 Å². The second-order valence-electron chi connectivity index (χ2n) is 6.62. The SMILES string of the molecule is O=C(Nc1ccc(C(=O)N2CCCC2)cc1)c1ccc2c(c1)CNC2. The van der Waals surface area contributed by atoms with Gasteiger partial charge in [0.15, 0.2) is 0 Å². The lowest BCUT2D eigenvalue weighted by Crippen LogP contribution is -2.27. The molecule has 2 amide bonds. The number of nitrogens with one attached hydrogen (secondary N) is 2. The third-order valence-electron chi connectivity index (χ3n) is 4.88. The molecule has 4 rings (SSSR count). The molecule has 5 heteroatoms. The van der Waals surface area contributed by atoms with Crippen molar-refractivity contribution in [2.75, 3.05) is 18.4 Å². The normalized spacial score (nSPS) is 15.9. The van der Waals surface area contributed by atoms with Crippen molar-refractivity contribution >= 4 is 17.5 Å². The molecule has 0 saturated carbocycles. The first-order valence-corrected chi connectivity index (χ1v) is 8.74. The summed E-state index contributed by atoms with van der Waals surface area (Å²) >= 11 is 0. The smallest absolute Gasteiger partial charge is 0.255 e. The Bertz CT molecular complexity index is 808. The summed E-state index contributed by atoms with van der Waals surface area (Å²) < 4.78 is 0. The summed E-state index contributed by atoms with van der Waals surface area (Å²) in [7, 11) is 0. The lowest BCUT2D eigenvalue weighted by molar-refractivity contribution is 0.0792. The third kappa shape index (κ3) is 3.28. The van der Waals surface area contributed by atoms with Crippen LogP contribution in [0.25, 0.3) is 0 Å². The Morgan fingerprint density at radius 1 is 0.880 bits per heavy atom. The van der Waals surface area contributed by atoms with Crippen LogP contribution >= 0.6 is 0 Å². The van der Waals surface area contributed by atoms with Gasteiger partial charge in [-0.15, -0.1) is 0 Å². The van der Waals surface area contributed by atoms with Crippen molar-refractivity contribution in [1.82, 2.24) is 10.2 Å². The van der Waals surface area contributed by atoms with Crippen LogP contribution in [0.5, 0.6) is 0 Å². The number of amides is 2. The standard InChI is InChI=1S/C20H21N3O2/c24-19(15-3-4-16-12-21-13-17(16)11-15)22-18-7-5-14(6-8-18)20(25)23-9-1-2-10-23/h3-8,11,21H,1-2,9-10,12-13H2,(H,22,24). The molecular weight excluding hydrogens is 314 g/mol. The van der Waals surface area contributed by atoms with Gasteiger partial charge in [-0.05, 0) is 60.4 Å². The molecule has 1 saturated heterocycles. The van der Waals surface area contributed by atoms with E-state index >= 15 is 0 Å². The minimum atomic E-state index is -0.131. The van der Waals surface area contributed by atoms with E-state index in [1.807, 2.05) is 23.1 Å². The number of carbonyl (C=O) groups is 2. The molecule has 2 N–H and O–H groups in total. The van der Waals surface area contributed by atoms with Crippen molar-refractivity contribution in [3.05, 3.63) is 64.7 Å². The zero-order valence-corrected chi connectivity index (χ0v) is 14.0. The molecule has 0 radical (unpaired) electrons. The number of carbonyl (C=O) groups excluding carboxylic acids is 2. The molecule has 2 aromatic carbocycles. The summed E-state index contributed by atoms with van der Waals surface area (Å²) in [6, 6.07) is 12.9. The van der Waals surface area contributed by atoms with Gasteiger partial charge in [-0.25, -0.2) is 0 Å². The Morgan fingerprint density at radius 2 is 1.56 bits per heavy atom. The molecule has 2 heterocycles. The van der Waals surface area contributed by atoms with Crippen molar-refractivity contribution in [2.45, 2.75) is 25.9 Å². The van der Waals surface area contributed by atoms with Crippen molar-refractivity contribution < 1.29 is 9.59 Å². The second-order valence-corrected chi connectivity index (χ2v) is 6.62. The maximum absolute atomic E-state index is 12.4. The van der Waals surface area contributed by atoms with Crippen LogP contribution in [0.2, 0.25) is 0 Å². The number of likely N-dealkylation sites (tertiary alicyclic amines) is 1. The number of rotatable bonds is 3. The molecule has 0 atom stereocenters. The summed E-state index contributed by atoms with van der Waals surface area (Å²) in [4.78, 5) is 26.7. The number of fused-ring (bicyclic) bond motifs is 1. The van der Waals surface area contributed by atoms with E-state index in [2.05, 4.69) is 10.6 Å². The van der Waals surface area contributed by atoms with Crippen LogP contribution in [0, 0.1) is 0 Å². The predicted octanol–water partition coefficient (Wildman–Crippen LogP) is 2.78. The van der Waals surface area contributed by atoms with Gasteiger partial charge >= 0.3 is 0 Å². The average molecular weight is 335 g/mol. The first-order valence-electron chi connectivity index (χ1n) is 8.74. The highest BCUT2D eigenvalue weighted by molar-refractivity contribution is 6.04. The minimum absolute atomic E-state index is 0.0708. The van der Waals surface area contributed by atoms with Crippen LogP contribution in [-0.4, -0.2) is 29.8 Å². The molecule has 128 valence electrons. The molecule has 25 heavy (non-hydrogen) atoms. The molecule has 2 aromatic rings. The number of nitrogens with zero attached hydrogens (tertiary/aromatic N) is 1. The minimum Gasteiger partial charge on any atom is -0.339 e. The van der Waals surface area contributed by atoms with E-state index in [4.69, 9.17) is 0 Å². The van der Waals surface area contributed by atoms with E-state index in [1.54, 1.807) is 24.3 Å². The predicted molar refractivity (Wildman–Crippen MR) is 96.5 cm³/mol. The first kappa shape index (κ1) is 15.8. The Balaban J connectivity index is 1.44. The number of anilines is 1. The van der Waals surface area contributed by atoms with Gasteiger partial charge < -0.3 is 15.5 Å². The van der Waals surface area contributed by atoms with Gasteiger partial charge in [0, 0.05) is 43.0 Å². The quantitative estimate of drug-likeness (QED) is 0.907. The summed E-state index contributed by atoms with van der Waals surface area (Å²) in [6.07, 6.45) is 2.16. The Hall–Kier alpha value is -2.66. The van der Waals surface area contributed by atoms with Gasteiger partial charge in [0.25, 0.3) is 11.8 Å². The third-order valence-corrected chi connectivity index (χ3v) is 4.88. The lowest BCUT2D eigenvalue weighted by Gasteiger charge is -2.15. The molecule has 0 aliphatic carbocycles. The Morgan fingerprint density at radius 3 is 2.32 bits per heavy atom.